The van der Waals surface area contributed by atoms with Crippen LogP contribution in [0.5, 0.6) is 0 Å². The molecule has 0 saturated heterocycles. The highest BCUT2D eigenvalue weighted by Crippen LogP contribution is 2.26. The molecule has 118 valence electrons. The van der Waals surface area contributed by atoms with Crippen LogP contribution in [0.4, 0.5) is 0 Å². The lowest BCUT2D eigenvalue weighted by Gasteiger charge is -2.28. The van der Waals surface area contributed by atoms with Gasteiger partial charge in [-0.05, 0) is 24.8 Å². The van der Waals surface area contributed by atoms with Gasteiger partial charge in [0.2, 0.25) is 0 Å². The van der Waals surface area contributed by atoms with Crippen LogP contribution in [-0.2, 0) is 4.74 Å². The Balaban J connectivity index is 1.48. The maximum absolute atomic E-state index is 12.3. The van der Waals surface area contributed by atoms with E-state index >= 15 is 0 Å². The molecule has 0 spiro atoms. The molecule has 1 heterocycles. The Bertz CT molecular complexity index is 637. The highest BCUT2D eigenvalue weighted by Gasteiger charge is 2.21. The number of ether oxygens (including phenoxy) is 1. The molecule has 2 aromatic rings. The molecule has 1 N–H and O–H groups in total. The van der Waals surface area contributed by atoms with Gasteiger partial charge in [0.05, 0.1) is 18.3 Å². The summed E-state index contributed by atoms with van der Waals surface area (Å²) in [6.45, 7) is 3.44. The lowest BCUT2D eigenvalue weighted by Crippen LogP contribution is -2.31. The van der Waals surface area contributed by atoms with E-state index < -0.39 is 0 Å². The summed E-state index contributed by atoms with van der Waals surface area (Å²) in [5.41, 5.74) is 0.770. The van der Waals surface area contributed by atoms with Crippen LogP contribution >= 0.6 is 11.3 Å². The van der Waals surface area contributed by atoms with Crippen LogP contribution in [0.15, 0.2) is 29.6 Å². The molecule has 1 aromatic heterocycles. The Morgan fingerprint density at radius 3 is 3.00 bits per heavy atom. The molecular weight excluding hydrogens is 294 g/mol. The minimum atomic E-state index is -0.00209. The maximum Gasteiger partial charge on any atom is 0.252 e. The number of carbonyl (C=O) groups excluding carboxylic acids is 1. The van der Waals surface area contributed by atoms with E-state index in [4.69, 9.17) is 4.74 Å². The molecule has 1 aromatic carbocycles. The van der Waals surface area contributed by atoms with Crippen LogP contribution in [0.25, 0.3) is 10.1 Å². The number of nitrogens with one attached hydrogen (secondary N) is 1. The summed E-state index contributed by atoms with van der Waals surface area (Å²) < 4.78 is 7.09. The van der Waals surface area contributed by atoms with E-state index in [0.29, 0.717) is 25.2 Å². The van der Waals surface area contributed by atoms with Gasteiger partial charge in [0.1, 0.15) is 0 Å². The topological polar surface area (TPSA) is 38.3 Å². The number of amides is 1. The molecule has 1 aliphatic rings. The Kier molecular flexibility index (Phi) is 5.11. The first-order valence-corrected chi connectivity index (χ1v) is 8.99. The second kappa shape index (κ2) is 7.25. The van der Waals surface area contributed by atoms with E-state index in [-0.39, 0.29) is 5.91 Å². The van der Waals surface area contributed by atoms with Gasteiger partial charge < -0.3 is 10.1 Å². The fourth-order valence-corrected chi connectivity index (χ4v) is 4.09. The first kappa shape index (κ1) is 15.5. The number of carbonyl (C=O) groups is 1. The van der Waals surface area contributed by atoms with Crippen LogP contribution in [-0.4, -0.2) is 25.2 Å². The van der Waals surface area contributed by atoms with E-state index in [2.05, 4.69) is 12.2 Å². The van der Waals surface area contributed by atoms with Crippen molar-refractivity contribution in [3.63, 3.8) is 0 Å². The first-order valence-electron chi connectivity index (χ1n) is 8.12. The lowest BCUT2D eigenvalue weighted by atomic mass is 9.88. The number of hydrogen-bond donors (Lipinski definition) is 1. The summed E-state index contributed by atoms with van der Waals surface area (Å²) >= 11 is 1.61. The number of fused-ring (bicyclic) bond motifs is 1. The number of thiophene rings is 1. The fraction of sp³-hybridized carbons (Fsp3) is 0.500. The van der Waals surface area contributed by atoms with Crippen LogP contribution in [0.2, 0.25) is 0 Å². The second-order valence-electron chi connectivity index (χ2n) is 6.07. The zero-order chi connectivity index (χ0) is 15.4. The van der Waals surface area contributed by atoms with Crippen molar-refractivity contribution in [1.29, 1.82) is 0 Å². The SMILES string of the molecule is CC1CCCCC1OCCNC(=O)c1csc2ccccc12. The lowest BCUT2D eigenvalue weighted by molar-refractivity contribution is -0.00293. The van der Waals surface area contributed by atoms with Gasteiger partial charge in [0.15, 0.2) is 0 Å². The summed E-state index contributed by atoms with van der Waals surface area (Å²) in [6, 6.07) is 8.02. The van der Waals surface area contributed by atoms with Crippen molar-refractivity contribution >= 4 is 27.3 Å². The molecule has 3 rings (SSSR count). The predicted octanol–water partition coefficient (Wildman–Crippen LogP) is 4.23. The van der Waals surface area contributed by atoms with Crippen molar-refractivity contribution in [2.45, 2.75) is 38.7 Å². The molecule has 22 heavy (non-hydrogen) atoms. The van der Waals surface area contributed by atoms with E-state index in [1.807, 2.05) is 29.6 Å². The van der Waals surface area contributed by atoms with Crippen molar-refractivity contribution in [2.24, 2.45) is 5.92 Å². The van der Waals surface area contributed by atoms with Crippen LogP contribution in [0, 0.1) is 5.92 Å². The molecule has 0 aliphatic heterocycles. The van der Waals surface area contributed by atoms with Crippen molar-refractivity contribution in [3.05, 3.63) is 35.2 Å². The van der Waals surface area contributed by atoms with Crippen LogP contribution in [0.3, 0.4) is 0 Å². The maximum atomic E-state index is 12.3. The minimum Gasteiger partial charge on any atom is -0.376 e. The largest absolute Gasteiger partial charge is 0.376 e. The number of rotatable bonds is 5. The third kappa shape index (κ3) is 3.50. The Hall–Kier alpha value is -1.39. The zero-order valence-corrected chi connectivity index (χ0v) is 13.8. The molecule has 1 aliphatic carbocycles. The van der Waals surface area contributed by atoms with Crippen LogP contribution < -0.4 is 5.32 Å². The molecule has 2 atom stereocenters. The summed E-state index contributed by atoms with van der Waals surface area (Å²) in [5.74, 6) is 0.642. The summed E-state index contributed by atoms with van der Waals surface area (Å²) in [7, 11) is 0. The highest BCUT2D eigenvalue weighted by molar-refractivity contribution is 7.17. The highest BCUT2D eigenvalue weighted by atomic mass is 32.1. The third-order valence-electron chi connectivity index (χ3n) is 4.48. The van der Waals surface area contributed by atoms with E-state index in [0.717, 1.165) is 22.1 Å². The Morgan fingerprint density at radius 2 is 2.14 bits per heavy atom. The van der Waals surface area contributed by atoms with Gasteiger partial charge >= 0.3 is 0 Å². The average Bonchev–Trinajstić information content (AvgIpc) is 2.97. The normalized spacial score (nSPS) is 21.9. The zero-order valence-electron chi connectivity index (χ0n) is 13.0. The summed E-state index contributed by atoms with van der Waals surface area (Å²) in [5, 5.41) is 5.94. The fourth-order valence-electron chi connectivity index (χ4n) is 3.15. The van der Waals surface area contributed by atoms with Crippen molar-refractivity contribution < 1.29 is 9.53 Å². The van der Waals surface area contributed by atoms with Gasteiger partial charge in [-0.25, -0.2) is 0 Å². The first-order chi connectivity index (χ1) is 10.8. The number of hydrogen-bond acceptors (Lipinski definition) is 3. The van der Waals surface area contributed by atoms with E-state index in [1.54, 1.807) is 11.3 Å². The summed E-state index contributed by atoms with van der Waals surface area (Å²) in [6.07, 6.45) is 5.38. The molecule has 4 heteroatoms. The average molecular weight is 317 g/mol. The molecule has 3 nitrogen and oxygen atoms in total. The molecule has 0 radical (unpaired) electrons. The van der Waals surface area contributed by atoms with Crippen molar-refractivity contribution in [2.75, 3.05) is 13.2 Å². The van der Waals surface area contributed by atoms with Gasteiger partial charge in [-0.3, -0.25) is 4.79 Å². The predicted molar refractivity (Wildman–Crippen MR) is 91.5 cm³/mol. The van der Waals surface area contributed by atoms with E-state index in [1.165, 1.54) is 19.3 Å². The van der Waals surface area contributed by atoms with E-state index in [9.17, 15) is 4.79 Å². The molecular formula is C18H23NO2S. The number of benzene rings is 1. The van der Waals surface area contributed by atoms with Gasteiger partial charge in [0.25, 0.3) is 5.91 Å². The van der Waals surface area contributed by atoms with Gasteiger partial charge in [-0.2, -0.15) is 0 Å². The van der Waals surface area contributed by atoms with Gasteiger partial charge in [-0.15, -0.1) is 11.3 Å². The summed E-state index contributed by atoms with van der Waals surface area (Å²) in [4.78, 5) is 12.3. The molecule has 1 fully saturated rings. The van der Waals surface area contributed by atoms with Gasteiger partial charge in [-0.1, -0.05) is 38.0 Å². The van der Waals surface area contributed by atoms with Crippen LogP contribution in [0.1, 0.15) is 43.0 Å². The van der Waals surface area contributed by atoms with Crippen molar-refractivity contribution in [1.82, 2.24) is 5.32 Å². The van der Waals surface area contributed by atoms with Crippen molar-refractivity contribution in [3.8, 4) is 0 Å². The van der Waals surface area contributed by atoms with Gasteiger partial charge in [0, 0.05) is 22.0 Å². The molecule has 1 saturated carbocycles. The Morgan fingerprint density at radius 1 is 1.32 bits per heavy atom. The molecule has 2 unspecified atom stereocenters. The standard InChI is InChI=1S/C18H23NO2S/c1-13-6-2-4-8-16(13)21-11-10-19-18(20)15-12-22-17-9-5-3-7-14(15)17/h3,5,7,9,12-13,16H,2,4,6,8,10-11H2,1H3,(H,19,20). The molecule has 1 amide bonds. The quantitative estimate of drug-likeness (QED) is 0.838. The monoisotopic (exact) mass is 317 g/mol. The molecule has 0 bridgehead atoms. The third-order valence-corrected chi connectivity index (χ3v) is 5.44. The Labute approximate surface area is 135 Å². The smallest absolute Gasteiger partial charge is 0.252 e. The second-order valence-corrected chi connectivity index (χ2v) is 6.98. The minimum absolute atomic E-state index is 0.00209.